The number of carbonyl (C=O) groups excluding carboxylic acids is 2. The zero-order valence-electron chi connectivity index (χ0n) is 15.3. The fourth-order valence-electron chi connectivity index (χ4n) is 2.75. The highest BCUT2D eigenvalue weighted by Gasteiger charge is 2.37. The molecule has 1 saturated heterocycles. The third kappa shape index (κ3) is 4.85. The van der Waals surface area contributed by atoms with Crippen molar-refractivity contribution in [2.75, 3.05) is 0 Å². The van der Waals surface area contributed by atoms with E-state index in [1.165, 1.54) is 18.2 Å². The Bertz CT molecular complexity index is 772. The number of Topliss-reactive ketones (excluding diaryl/α,β-unsaturated/α-hetero) is 1. The van der Waals surface area contributed by atoms with Gasteiger partial charge in [0, 0.05) is 6.42 Å². The molecule has 0 unspecified atom stereocenters. The fourth-order valence-corrected chi connectivity index (χ4v) is 2.75. The number of ketones is 1. The SMILES string of the molecule is CC[C@@H](C)C=C(C)C=CC(O)=C1C(=O)N[C@H](Cc2ccc(O)cc2)C1=O. The molecule has 1 aliphatic rings. The van der Waals surface area contributed by atoms with Crippen LogP contribution in [0.5, 0.6) is 5.75 Å². The molecule has 0 bridgehead atoms. The van der Waals surface area contributed by atoms with Gasteiger partial charge in [-0.05, 0) is 36.6 Å². The van der Waals surface area contributed by atoms with Crippen LogP contribution in [0.1, 0.15) is 32.8 Å². The number of phenolic OH excluding ortho intramolecular Hbond substituents is 1. The minimum Gasteiger partial charge on any atom is -0.508 e. The molecule has 0 radical (unpaired) electrons. The molecule has 3 N–H and O–H groups in total. The molecule has 138 valence electrons. The van der Waals surface area contributed by atoms with E-state index in [2.05, 4.69) is 25.2 Å². The van der Waals surface area contributed by atoms with E-state index in [0.29, 0.717) is 12.3 Å². The van der Waals surface area contributed by atoms with Crippen LogP contribution < -0.4 is 5.32 Å². The first-order valence-corrected chi connectivity index (χ1v) is 8.74. The van der Waals surface area contributed by atoms with E-state index in [1.54, 1.807) is 18.2 Å². The van der Waals surface area contributed by atoms with Gasteiger partial charge in [-0.3, -0.25) is 9.59 Å². The van der Waals surface area contributed by atoms with Crippen molar-refractivity contribution in [3.8, 4) is 5.75 Å². The van der Waals surface area contributed by atoms with Crippen LogP contribution in [0.3, 0.4) is 0 Å². The lowest BCUT2D eigenvalue weighted by Gasteiger charge is -2.08. The van der Waals surface area contributed by atoms with E-state index < -0.39 is 17.7 Å². The number of phenols is 1. The highest BCUT2D eigenvalue weighted by molar-refractivity contribution is 6.27. The summed E-state index contributed by atoms with van der Waals surface area (Å²) in [6.45, 7) is 6.09. The predicted octanol–water partition coefficient (Wildman–Crippen LogP) is 3.36. The second kappa shape index (κ2) is 8.52. The monoisotopic (exact) mass is 355 g/mol. The number of hydrogen-bond acceptors (Lipinski definition) is 4. The summed E-state index contributed by atoms with van der Waals surface area (Å²) < 4.78 is 0. The molecule has 0 aliphatic carbocycles. The van der Waals surface area contributed by atoms with Crippen LogP contribution >= 0.6 is 0 Å². The lowest BCUT2D eigenvalue weighted by atomic mass is 10.0. The number of nitrogens with one attached hydrogen (secondary N) is 1. The van der Waals surface area contributed by atoms with Crippen molar-refractivity contribution in [2.45, 2.75) is 39.7 Å². The van der Waals surface area contributed by atoms with Crippen molar-refractivity contribution in [2.24, 2.45) is 5.92 Å². The average molecular weight is 355 g/mol. The molecule has 1 aromatic rings. The topological polar surface area (TPSA) is 86.6 Å². The molecule has 1 heterocycles. The maximum atomic E-state index is 12.5. The number of aromatic hydroxyl groups is 1. The van der Waals surface area contributed by atoms with Crippen LogP contribution in [-0.4, -0.2) is 27.9 Å². The number of benzene rings is 1. The molecular weight excluding hydrogens is 330 g/mol. The van der Waals surface area contributed by atoms with E-state index in [9.17, 15) is 19.8 Å². The average Bonchev–Trinajstić information content (AvgIpc) is 2.88. The Balaban J connectivity index is 2.14. The van der Waals surface area contributed by atoms with E-state index in [4.69, 9.17) is 0 Å². The molecule has 0 aromatic heterocycles. The summed E-state index contributed by atoms with van der Waals surface area (Å²) in [7, 11) is 0. The van der Waals surface area contributed by atoms with Gasteiger partial charge < -0.3 is 15.5 Å². The van der Waals surface area contributed by atoms with Crippen LogP contribution in [0.25, 0.3) is 0 Å². The number of allylic oxidation sites excluding steroid dienone is 4. The van der Waals surface area contributed by atoms with Gasteiger partial charge in [0.25, 0.3) is 5.91 Å². The van der Waals surface area contributed by atoms with Crippen molar-refractivity contribution in [3.63, 3.8) is 0 Å². The van der Waals surface area contributed by atoms with Gasteiger partial charge >= 0.3 is 0 Å². The Morgan fingerprint density at radius 1 is 1.23 bits per heavy atom. The zero-order chi connectivity index (χ0) is 19.3. The molecule has 1 aromatic carbocycles. The van der Waals surface area contributed by atoms with E-state index in [0.717, 1.165) is 17.6 Å². The predicted molar refractivity (Wildman–Crippen MR) is 101 cm³/mol. The molecular formula is C21H25NO4. The van der Waals surface area contributed by atoms with E-state index in [-0.39, 0.29) is 17.1 Å². The van der Waals surface area contributed by atoms with E-state index >= 15 is 0 Å². The largest absolute Gasteiger partial charge is 0.508 e. The highest BCUT2D eigenvalue weighted by atomic mass is 16.3. The molecule has 0 saturated carbocycles. The Morgan fingerprint density at radius 2 is 1.88 bits per heavy atom. The highest BCUT2D eigenvalue weighted by Crippen LogP contribution is 2.19. The third-order valence-corrected chi connectivity index (χ3v) is 4.42. The number of aliphatic hydroxyl groups is 1. The summed E-state index contributed by atoms with van der Waals surface area (Å²) in [6, 6.07) is 5.73. The molecule has 5 nitrogen and oxygen atoms in total. The molecule has 0 spiro atoms. The van der Waals surface area contributed by atoms with Gasteiger partial charge in [-0.15, -0.1) is 0 Å². The first-order valence-electron chi connectivity index (χ1n) is 8.74. The molecule has 2 rings (SSSR count). The van der Waals surface area contributed by atoms with Gasteiger partial charge in [0.15, 0.2) is 5.78 Å². The fraction of sp³-hybridized carbons (Fsp3) is 0.333. The second-order valence-corrected chi connectivity index (χ2v) is 6.65. The molecule has 1 amide bonds. The summed E-state index contributed by atoms with van der Waals surface area (Å²) in [5, 5.41) is 22.1. The Hall–Kier alpha value is -2.82. The lowest BCUT2D eigenvalue weighted by molar-refractivity contribution is -0.117. The number of hydrogen-bond donors (Lipinski definition) is 3. The molecule has 5 heteroatoms. The Kier molecular flexibility index (Phi) is 6.39. The second-order valence-electron chi connectivity index (χ2n) is 6.65. The minimum atomic E-state index is -0.714. The number of carbonyl (C=O) groups is 2. The quantitative estimate of drug-likeness (QED) is 0.316. The van der Waals surface area contributed by atoms with Crippen LogP contribution in [0.15, 0.2) is 59.4 Å². The number of aliphatic hydroxyl groups excluding tert-OH is 1. The van der Waals surface area contributed by atoms with Gasteiger partial charge in [-0.1, -0.05) is 50.1 Å². The van der Waals surface area contributed by atoms with E-state index in [1.807, 2.05) is 6.92 Å². The maximum absolute atomic E-state index is 12.5. The van der Waals surface area contributed by atoms with Crippen molar-refractivity contribution < 1.29 is 19.8 Å². The number of rotatable bonds is 6. The van der Waals surface area contributed by atoms with Gasteiger partial charge in [-0.2, -0.15) is 0 Å². The summed E-state index contributed by atoms with van der Waals surface area (Å²) in [5.74, 6) is -0.754. The van der Waals surface area contributed by atoms with Crippen molar-refractivity contribution in [1.29, 1.82) is 0 Å². The van der Waals surface area contributed by atoms with Gasteiger partial charge in [0.05, 0.1) is 6.04 Å². The van der Waals surface area contributed by atoms with Crippen LogP contribution in [-0.2, 0) is 16.0 Å². The molecule has 1 aliphatic heterocycles. The summed E-state index contributed by atoms with van der Waals surface area (Å²) >= 11 is 0. The van der Waals surface area contributed by atoms with Crippen molar-refractivity contribution in [1.82, 2.24) is 5.32 Å². The molecule has 1 fully saturated rings. The molecule has 2 atom stereocenters. The van der Waals surface area contributed by atoms with Gasteiger partial charge in [0.2, 0.25) is 0 Å². The molecule has 26 heavy (non-hydrogen) atoms. The first kappa shape index (κ1) is 19.5. The Morgan fingerprint density at radius 3 is 2.50 bits per heavy atom. The zero-order valence-corrected chi connectivity index (χ0v) is 15.3. The number of amides is 1. The Labute approximate surface area is 153 Å². The standard InChI is InChI=1S/C21H25NO4/c1-4-13(2)11-14(3)5-10-18(24)19-20(25)17(22-21(19)26)12-15-6-8-16(23)9-7-15/h5-11,13,17,23-24H,4,12H2,1-3H3,(H,22,26)/t13-,17-/m1/s1. The van der Waals surface area contributed by atoms with Crippen molar-refractivity contribution in [3.05, 3.63) is 65.0 Å². The smallest absolute Gasteiger partial charge is 0.259 e. The van der Waals surface area contributed by atoms with Crippen molar-refractivity contribution >= 4 is 11.7 Å². The summed E-state index contributed by atoms with van der Waals surface area (Å²) in [5.41, 5.74) is 1.56. The van der Waals surface area contributed by atoms with Gasteiger partial charge in [-0.25, -0.2) is 0 Å². The normalized spacial score (nSPS) is 21.2. The summed E-state index contributed by atoms with van der Waals surface area (Å²) in [4.78, 5) is 24.6. The lowest BCUT2D eigenvalue weighted by Crippen LogP contribution is -2.31. The van der Waals surface area contributed by atoms with Crippen LogP contribution in [0, 0.1) is 5.92 Å². The third-order valence-electron chi connectivity index (χ3n) is 4.42. The summed E-state index contributed by atoms with van der Waals surface area (Å²) in [6.07, 6.45) is 6.47. The first-order chi connectivity index (χ1) is 12.3. The van der Waals surface area contributed by atoms with Gasteiger partial charge in [0.1, 0.15) is 17.1 Å². The van der Waals surface area contributed by atoms with Crippen LogP contribution in [0.2, 0.25) is 0 Å². The minimum absolute atomic E-state index is 0.139. The maximum Gasteiger partial charge on any atom is 0.259 e. The van der Waals surface area contributed by atoms with Crippen LogP contribution in [0.4, 0.5) is 0 Å².